The number of aliphatic carboxylic acids is 1. The van der Waals surface area contributed by atoms with E-state index in [4.69, 9.17) is 10.8 Å². The fourth-order valence-corrected chi connectivity index (χ4v) is 0.579. The highest BCUT2D eigenvalue weighted by molar-refractivity contribution is 7.83. The first-order valence-corrected chi connectivity index (χ1v) is 3.57. The van der Waals surface area contributed by atoms with Gasteiger partial charge in [0.1, 0.15) is 6.04 Å². The number of carboxylic acid groups (broad SMARTS) is 1. The monoisotopic (exact) mass is 173 g/mol. The van der Waals surface area contributed by atoms with Crippen LogP contribution < -0.4 is 5.73 Å². The van der Waals surface area contributed by atoms with Gasteiger partial charge in [-0.25, -0.2) is 0 Å². The number of thiol groups is 1. The highest BCUT2D eigenvalue weighted by Gasteiger charge is 2.11. The normalized spacial score (nSPS) is 15.4. The van der Waals surface area contributed by atoms with Gasteiger partial charge in [-0.05, 0) is 17.9 Å². The number of carbonyl (C=O) groups is 1. The molecule has 0 aliphatic heterocycles. The van der Waals surface area contributed by atoms with E-state index >= 15 is 0 Å². The Morgan fingerprint density at radius 2 is 2.27 bits per heavy atom. The molecule has 4 heteroatoms. The molecular formula is C7H11NO2S. The highest BCUT2D eigenvalue weighted by atomic mass is 32.1. The third-order valence-electron chi connectivity index (χ3n) is 1.20. The van der Waals surface area contributed by atoms with Gasteiger partial charge in [0.25, 0.3) is 0 Å². The van der Waals surface area contributed by atoms with Crippen LogP contribution in [-0.4, -0.2) is 17.1 Å². The second-order valence-corrected chi connectivity index (χ2v) is 2.37. The molecule has 1 atom stereocenters. The Balaban J connectivity index is 4.22. The molecule has 11 heavy (non-hydrogen) atoms. The zero-order valence-electron chi connectivity index (χ0n) is 6.19. The summed E-state index contributed by atoms with van der Waals surface area (Å²) in [5, 5.41) is 9.95. The number of hydrogen-bond donors (Lipinski definition) is 3. The van der Waals surface area contributed by atoms with Crippen molar-refractivity contribution in [2.24, 2.45) is 5.73 Å². The van der Waals surface area contributed by atoms with E-state index < -0.39 is 12.0 Å². The van der Waals surface area contributed by atoms with E-state index in [0.717, 1.165) is 0 Å². The smallest absolute Gasteiger partial charge is 0.324 e. The van der Waals surface area contributed by atoms with E-state index in [1.54, 1.807) is 19.1 Å². The number of nitrogens with two attached hydrogens (primary N) is 1. The SMILES string of the molecule is C/C(=C\C=C/S)C(N)C(=O)O. The summed E-state index contributed by atoms with van der Waals surface area (Å²) in [7, 11) is 0. The van der Waals surface area contributed by atoms with Crippen LogP contribution in [0.3, 0.4) is 0 Å². The summed E-state index contributed by atoms with van der Waals surface area (Å²) < 4.78 is 0. The molecule has 0 radical (unpaired) electrons. The van der Waals surface area contributed by atoms with Gasteiger partial charge in [-0.2, -0.15) is 12.6 Å². The first kappa shape index (κ1) is 10.3. The molecule has 0 rings (SSSR count). The average molecular weight is 173 g/mol. The average Bonchev–Trinajstić information content (AvgIpc) is 1.98. The van der Waals surface area contributed by atoms with Crippen LogP contribution in [0.25, 0.3) is 0 Å². The summed E-state index contributed by atoms with van der Waals surface area (Å²) in [6.45, 7) is 1.66. The van der Waals surface area contributed by atoms with Crippen molar-refractivity contribution in [1.29, 1.82) is 0 Å². The van der Waals surface area contributed by atoms with Gasteiger partial charge in [0.2, 0.25) is 0 Å². The van der Waals surface area contributed by atoms with Crippen LogP contribution in [0, 0.1) is 0 Å². The molecule has 0 amide bonds. The van der Waals surface area contributed by atoms with Crippen LogP contribution >= 0.6 is 12.6 Å². The lowest BCUT2D eigenvalue weighted by molar-refractivity contribution is -0.137. The molecular weight excluding hydrogens is 162 g/mol. The predicted octanol–water partition coefficient (Wildman–Crippen LogP) is 0.788. The molecule has 0 aromatic heterocycles. The summed E-state index contributed by atoms with van der Waals surface area (Å²) in [4.78, 5) is 10.3. The summed E-state index contributed by atoms with van der Waals surface area (Å²) in [6.07, 6.45) is 3.24. The molecule has 62 valence electrons. The van der Waals surface area contributed by atoms with E-state index in [2.05, 4.69) is 12.6 Å². The Kier molecular flexibility index (Phi) is 4.65. The zero-order valence-corrected chi connectivity index (χ0v) is 7.08. The number of rotatable bonds is 3. The summed E-state index contributed by atoms with van der Waals surface area (Å²) >= 11 is 3.80. The molecule has 0 spiro atoms. The molecule has 0 aromatic rings. The number of hydrogen-bond acceptors (Lipinski definition) is 3. The second kappa shape index (κ2) is 4.98. The maximum Gasteiger partial charge on any atom is 0.324 e. The minimum absolute atomic E-state index is 0.600. The van der Waals surface area contributed by atoms with Crippen LogP contribution in [0.2, 0.25) is 0 Å². The predicted molar refractivity (Wildman–Crippen MR) is 47.5 cm³/mol. The molecule has 0 aliphatic carbocycles. The molecule has 3 N–H and O–H groups in total. The second-order valence-electron chi connectivity index (χ2n) is 2.07. The quantitative estimate of drug-likeness (QED) is 0.436. The number of allylic oxidation sites excluding steroid dienone is 2. The Morgan fingerprint density at radius 3 is 2.64 bits per heavy atom. The maximum atomic E-state index is 10.3. The largest absolute Gasteiger partial charge is 0.480 e. The van der Waals surface area contributed by atoms with Crippen molar-refractivity contribution in [2.45, 2.75) is 13.0 Å². The van der Waals surface area contributed by atoms with Gasteiger partial charge in [-0.1, -0.05) is 12.2 Å². The minimum atomic E-state index is -1.02. The molecule has 0 aliphatic rings. The molecule has 0 fully saturated rings. The fourth-order valence-electron chi connectivity index (χ4n) is 0.493. The van der Waals surface area contributed by atoms with Crippen molar-refractivity contribution >= 4 is 18.6 Å². The van der Waals surface area contributed by atoms with Gasteiger partial charge < -0.3 is 10.8 Å². The summed E-state index contributed by atoms with van der Waals surface area (Å²) in [5.74, 6) is -1.02. The van der Waals surface area contributed by atoms with E-state index in [-0.39, 0.29) is 0 Å². The van der Waals surface area contributed by atoms with E-state index in [1.165, 1.54) is 5.41 Å². The van der Waals surface area contributed by atoms with E-state index in [0.29, 0.717) is 5.57 Å². The van der Waals surface area contributed by atoms with Gasteiger partial charge in [0.05, 0.1) is 0 Å². The van der Waals surface area contributed by atoms with Crippen molar-refractivity contribution in [3.8, 4) is 0 Å². The first-order valence-electron chi connectivity index (χ1n) is 3.05. The van der Waals surface area contributed by atoms with Crippen molar-refractivity contribution in [2.75, 3.05) is 0 Å². The van der Waals surface area contributed by atoms with Crippen LogP contribution in [-0.2, 0) is 4.79 Å². The lowest BCUT2D eigenvalue weighted by Gasteiger charge is -2.04. The topological polar surface area (TPSA) is 63.3 Å². The molecule has 0 bridgehead atoms. The lowest BCUT2D eigenvalue weighted by atomic mass is 10.1. The van der Waals surface area contributed by atoms with Crippen molar-refractivity contribution in [1.82, 2.24) is 0 Å². The minimum Gasteiger partial charge on any atom is -0.480 e. The van der Waals surface area contributed by atoms with E-state index in [9.17, 15) is 4.79 Å². The Labute approximate surface area is 71.0 Å². The fraction of sp³-hybridized carbons (Fsp3) is 0.286. The van der Waals surface area contributed by atoms with Crippen molar-refractivity contribution in [3.05, 3.63) is 23.1 Å². The van der Waals surface area contributed by atoms with Crippen LogP contribution in [0.4, 0.5) is 0 Å². The molecule has 0 aromatic carbocycles. The Bertz CT molecular complexity index is 199. The highest BCUT2D eigenvalue weighted by Crippen LogP contribution is 1.98. The third-order valence-corrected chi connectivity index (χ3v) is 1.37. The van der Waals surface area contributed by atoms with Gasteiger partial charge in [0.15, 0.2) is 0 Å². The zero-order chi connectivity index (χ0) is 8.85. The van der Waals surface area contributed by atoms with E-state index in [1.807, 2.05) is 0 Å². The molecule has 1 unspecified atom stereocenters. The van der Waals surface area contributed by atoms with Crippen LogP contribution in [0.1, 0.15) is 6.92 Å². The van der Waals surface area contributed by atoms with Gasteiger partial charge in [-0.15, -0.1) is 0 Å². The van der Waals surface area contributed by atoms with Crippen molar-refractivity contribution < 1.29 is 9.90 Å². The molecule has 0 saturated heterocycles. The van der Waals surface area contributed by atoms with Gasteiger partial charge >= 0.3 is 5.97 Å². The van der Waals surface area contributed by atoms with Gasteiger partial charge in [0, 0.05) is 0 Å². The molecule has 3 nitrogen and oxygen atoms in total. The summed E-state index contributed by atoms with van der Waals surface area (Å²) in [5.41, 5.74) is 5.87. The third kappa shape index (κ3) is 3.85. The molecule has 0 heterocycles. The maximum absolute atomic E-state index is 10.3. The standard InChI is InChI=1S/C7H11NO2S/c1-5(3-2-4-11)6(8)7(9)10/h2-4,6,11H,8H2,1H3,(H,9,10)/b4-2-,5-3+. The molecule has 0 saturated carbocycles. The van der Waals surface area contributed by atoms with Crippen molar-refractivity contribution in [3.63, 3.8) is 0 Å². The Hall–Kier alpha value is -0.740. The first-order chi connectivity index (χ1) is 5.09. The van der Waals surface area contributed by atoms with Crippen LogP contribution in [0.5, 0.6) is 0 Å². The number of carboxylic acids is 1. The summed E-state index contributed by atoms with van der Waals surface area (Å²) in [6, 6.07) is -0.917. The van der Waals surface area contributed by atoms with Crippen LogP contribution in [0.15, 0.2) is 23.1 Å². The Morgan fingerprint density at radius 1 is 1.73 bits per heavy atom. The van der Waals surface area contributed by atoms with Gasteiger partial charge in [-0.3, -0.25) is 4.79 Å². The lowest BCUT2D eigenvalue weighted by Crippen LogP contribution is -2.30.